The molecule has 1 atom stereocenters. The fraction of sp³-hybridized carbons (Fsp3) is 0.200. The van der Waals surface area contributed by atoms with Crippen molar-refractivity contribution in [1.82, 2.24) is 0 Å². The van der Waals surface area contributed by atoms with Crippen molar-refractivity contribution in [3.8, 4) is 5.75 Å². The smallest absolute Gasteiger partial charge is 0.119 e. The van der Waals surface area contributed by atoms with E-state index in [2.05, 4.69) is 0 Å². The molecule has 0 aliphatic rings. The molecule has 0 saturated heterocycles. The van der Waals surface area contributed by atoms with Crippen LogP contribution < -0.4 is 10.5 Å². The maximum atomic E-state index is 6.44. The van der Waals surface area contributed by atoms with Crippen molar-refractivity contribution in [2.24, 2.45) is 5.73 Å². The third-order valence-electron chi connectivity index (χ3n) is 3.10. The highest BCUT2D eigenvalue weighted by Gasteiger charge is 2.26. The van der Waals surface area contributed by atoms with Gasteiger partial charge in [-0.25, -0.2) is 0 Å². The van der Waals surface area contributed by atoms with Gasteiger partial charge in [-0.2, -0.15) is 0 Å². The summed E-state index contributed by atoms with van der Waals surface area (Å²) in [6.07, 6.45) is 0. The summed E-state index contributed by atoms with van der Waals surface area (Å²) in [5.74, 6) is 0.788. The van der Waals surface area contributed by atoms with Gasteiger partial charge < -0.3 is 10.5 Å². The predicted molar refractivity (Wildman–Crippen MR) is 75.1 cm³/mol. The first kappa shape index (κ1) is 12.9. The van der Waals surface area contributed by atoms with Crippen LogP contribution in [-0.4, -0.2) is 7.11 Å². The van der Waals surface area contributed by atoms with Gasteiger partial charge in [0.25, 0.3) is 0 Å². The molecule has 18 heavy (non-hydrogen) atoms. The number of rotatable bonds is 3. The zero-order valence-corrected chi connectivity index (χ0v) is 11.2. The minimum atomic E-state index is -0.646. The molecule has 94 valence electrons. The Morgan fingerprint density at radius 1 is 1.11 bits per heavy atom. The van der Waals surface area contributed by atoms with Gasteiger partial charge in [-0.1, -0.05) is 41.9 Å². The Morgan fingerprint density at radius 2 is 1.83 bits per heavy atom. The van der Waals surface area contributed by atoms with E-state index in [1.165, 1.54) is 0 Å². The summed E-state index contributed by atoms with van der Waals surface area (Å²) in [7, 11) is 1.64. The van der Waals surface area contributed by atoms with Crippen LogP contribution in [-0.2, 0) is 5.54 Å². The van der Waals surface area contributed by atoms with E-state index in [1.54, 1.807) is 7.11 Å². The first-order valence-electron chi connectivity index (χ1n) is 5.74. The number of hydrogen-bond acceptors (Lipinski definition) is 2. The van der Waals surface area contributed by atoms with Crippen molar-refractivity contribution in [2.45, 2.75) is 12.5 Å². The third kappa shape index (κ3) is 2.35. The molecule has 0 fully saturated rings. The van der Waals surface area contributed by atoms with Crippen molar-refractivity contribution in [1.29, 1.82) is 0 Å². The number of hydrogen-bond donors (Lipinski definition) is 1. The first-order valence-corrected chi connectivity index (χ1v) is 6.12. The number of methoxy groups -OCH3 is 1. The zero-order valence-electron chi connectivity index (χ0n) is 10.5. The van der Waals surface area contributed by atoms with E-state index in [-0.39, 0.29) is 0 Å². The molecule has 0 heterocycles. The average Bonchev–Trinajstić information content (AvgIpc) is 2.39. The molecule has 2 aromatic carbocycles. The van der Waals surface area contributed by atoms with Gasteiger partial charge in [0.15, 0.2) is 0 Å². The van der Waals surface area contributed by atoms with E-state index in [4.69, 9.17) is 22.1 Å². The third-order valence-corrected chi connectivity index (χ3v) is 3.43. The number of nitrogens with two attached hydrogens (primary N) is 1. The minimum absolute atomic E-state index is 0.646. The van der Waals surface area contributed by atoms with E-state index >= 15 is 0 Å². The van der Waals surface area contributed by atoms with E-state index in [0.29, 0.717) is 5.02 Å². The van der Waals surface area contributed by atoms with Crippen LogP contribution in [0.4, 0.5) is 0 Å². The van der Waals surface area contributed by atoms with Gasteiger partial charge in [0.2, 0.25) is 0 Å². The maximum absolute atomic E-state index is 6.44. The minimum Gasteiger partial charge on any atom is -0.497 e. The lowest BCUT2D eigenvalue weighted by Crippen LogP contribution is -2.34. The Hall–Kier alpha value is -1.51. The van der Waals surface area contributed by atoms with Crippen LogP contribution in [0.15, 0.2) is 48.5 Å². The van der Waals surface area contributed by atoms with Crippen LogP contribution in [0, 0.1) is 0 Å². The van der Waals surface area contributed by atoms with E-state index in [9.17, 15) is 0 Å². The van der Waals surface area contributed by atoms with Gasteiger partial charge in [-0.3, -0.25) is 0 Å². The lowest BCUT2D eigenvalue weighted by atomic mass is 9.85. The maximum Gasteiger partial charge on any atom is 0.119 e. The molecule has 2 aromatic rings. The summed E-state index contributed by atoms with van der Waals surface area (Å²) in [6, 6.07) is 15.4. The molecule has 0 bridgehead atoms. The monoisotopic (exact) mass is 261 g/mol. The Balaban J connectivity index is 2.50. The van der Waals surface area contributed by atoms with Crippen LogP contribution in [0.1, 0.15) is 18.1 Å². The van der Waals surface area contributed by atoms with Crippen molar-refractivity contribution in [2.75, 3.05) is 7.11 Å². The summed E-state index contributed by atoms with van der Waals surface area (Å²) in [4.78, 5) is 0. The normalized spacial score (nSPS) is 14.0. The zero-order chi connectivity index (χ0) is 13.2. The summed E-state index contributed by atoms with van der Waals surface area (Å²) in [5.41, 5.74) is 7.67. The second kappa shape index (κ2) is 5.01. The Labute approximate surface area is 112 Å². The molecule has 3 heteroatoms. The molecule has 2 nitrogen and oxygen atoms in total. The van der Waals surface area contributed by atoms with Crippen molar-refractivity contribution >= 4 is 11.6 Å². The van der Waals surface area contributed by atoms with Gasteiger partial charge in [0.05, 0.1) is 12.6 Å². The lowest BCUT2D eigenvalue weighted by molar-refractivity contribution is 0.413. The molecule has 2 N–H and O–H groups in total. The van der Waals surface area contributed by atoms with Crippen molar-refractivity contribution in [3.63, 3.8) is 0 Å². The predicted octanol–water partition coefficient (Wildman–Crippen LogP) is 3.57. The fourth-order valence-electron chi connectivity index (χ4n) is 1.98. The van der Waals surface area contributed by atoms with Gasteiger partial charge in [0.1, 0.15) is 5.75 Å². The quantitative estimate of drug-likeness (QED) is 0.917. The second-order valence-corrected chi connectivity index (χ2v) is 4.82. The highest BCUT2D eigenvalue weighted by atomic mass is 35.5. The highest BCUT2D eigenvalue weighted by Crippen LogP contribution is 2.32. The molecule has 0 spiro atoms. The van der Waals surface area contributed by atoms with Gasteiger partial charge in [-0.15, -0.1) is 0 Å². The summed E-state index contributed by atoms with van der Waals surface area (Å²) in [6.45, 7) is 1.95. The first-order chi connectivity index (χ1) is 8.55. The SMILES string of the molecule is COc1cccc(C(C)(N)c2ccccc2Cl)c1. The van der Waals surface area contributed by atoms with E-state index in [0.717, 1.165) is 16.9 Å². The number of halogens is 1. The molecule has 0 amide bonds. The van der Waals surface area contributed by atoms with Crippen LogP contribution in [0.3, 0.4) is 0 Å². The molecule has 0 aromatic heterocycles. The Morgan fingerprint density at radius 3 is 2.50 bits per heavy atom. The standard InChI is InChI=1S/C15H16ClNO/c1-15(17,13-8-3-4-9-14(13)16)11-6-5-7-12(10-11)18-2/h3-10H,17H2,1-2H3. The molecule has 2 rings (SSSR count). The molecular weight excluding hydrogens is 246 g/mol. The molecule has 1 unspecified atom stereocenters. The van der Waals surface area contributed by atoms with Gasteiger partial charge in [-0.05, 0) is 36.2 Å². The molecule has 0 radical (unpaired) electrons. The largest absolute Gasteiger partial charge is 0.497 e. The van der Waals surface area contributed by atoms with Crippen molar-refractivity contribution < 1.29 is 4.74 Å². The highest BCUT2D eigenvalue weighted by molar-refractivity contribution is 6.31. The number of ether oxygens (including phenoxy) is 1. The van der Waals surface area contributed by atoms with E-state index in [1.807, 2.05) is 55.5 Å². The van der Waals surface area contributed by atoms with Crippen LogP contribution in [0.2, 0.25) is 5.02 Å². The molecular formula is C15H16ClNO. The summed E-state index contributed by atoms with van der Waals surface area (Å²) in [5, 5.41) is 0.672. The van der Waals surface area contributed by atoms with Crippen molar-refractivity contribution in [3.05, 3.63) is 64.7 Å². The van der Waals surface area contributed by atoms with Crippen LogP contribution >= 0.6 is 11.6 Å². The van der Waals surface area contributed by atoms with E-state index < -0.39 is 5.54 Å². The lowest BCUT2D eigenvalue weighted by Gasteiger charge is -2.27. The van der Waals surface area contributed by atoms with Crippen LogP contribution in [0.5, 0.6) is 5.75 Å². The summed E-state index contributed by atoms with van der Waals surface area (Å²) < 4.78 is 5.23. The topological polar surface area (TPSA) is 35.2 Å². The summed E-state index contributed by atoms with van der Waals surface area (Å²) >= 11 is 6.22. The second-order valence-electron chi connectivity index (χ2n) is 4.41. The average molecular weight is 262 g/mol. The van der Waals surface area contributed by atoms with Gasteiger partial charge in [0, 0.05) is 5.02 Å². The van der Waals surface area contributed by atoms with Gasteiger partial charge >= 0.3 is 0 Å². The molecule has 0 aliphatic heterocycles. The number of benzene rings is 2. The molecule has 0 saturated carbocycles. The van der Waals surface area contributed by atoms with Crippen LogP contribution in [0.25, 0.3) is 0 Å². The fourth-order valence-corrected chi connectivity index (χ4v) is 2.32. The Kier molecular flexibility index (Phi) is 3.60. The molecule has 0 aliphatic carbocycles. The Bertz CT molecular complexity index is 552.